The topological polar surface area (TPSA) is 41.9 Å². The summed E-state index contributed by atoms with van der Waals surface area (Å²) in [5.41, 5.74) is 0. The molecule has 4 heteroatoms. The second kappa shape index (κ2) is 5.18. The third-order valence-electron chi connectivity index (χ3n) is 2.69. The lowest BCUT2D eigenvalue weighted by Crippen LogP contribution is -2.46. The Morgan fingerprint density at radius 2 is 2.12 bits per heavy atom. The van der Waals surface area contributed by atoms with Gasteiger partial charge in [0.25, 0.3) is 0 Å². The molecule has 4 nitrogen and oxygen atoms in total. The number of likely N-dealkylation sites (N-methyl/N-ethyl adjacent to an activating group) is 1. The lowest BCUT2D eigenvalue weighted by molar-refractivity contribution is -0.0324. The summed E-state index contributed by atoms with van der Waals surface area (Å²) in [4.78, 5) is 2.05. The Kier molecular flexibility index (Phi) is 3.64. The van der Waals surface area contributed by atoms with Gasteiger partial charge in [-0.25, -0.2) is 0 Å². The van der Waals surface area contributed by atoms with Crippen molar-refractivity contribution in [3.8, 4) is 11.5 Å². The number of para-hydroxylation sites is 2. The molecule has 1 heterocycles. The average Bonchev–Trinajstić information content (AvgIpc) is 2.35. The van der Waals surface area contributed by atoms with E-state index in [2.05, 4.69) is 4.90 Å². The zero-order valence-electron chi connectivity index (χ0n) is 9.43. The van der Waals surface area contributed by atoms with E-state index in [1.165, 1.54) is 0 Å². The fourth-order valence-electron chi connectivity index (χ4n) is 1.82. The van der Waals surface area contributed by atoms with E-state index < -0.39 is 0 Å². The highest BCUT2D eigenvalue weighted by Crippen LogP contribution is 2.31. The molecule has 1 aromatic rings. The summed E-state index contributed by atoms with van der Waals surface area (Å²) >= 11 is 0. The molecule has 1 N–H and O–H groups in total. The van der Waals surface area contributed by atoms with Crippen molar-refractivity contribution in [1.82, 2.24) is 4.90 Å². The first-order chi connectivity index (χ1) is 7.85. The summed E-state index contributed by atoms with van der Waals surface area (Å²) in [5, 5.41) is 8.96. The van der Waals surface area contributed by atoms with Gasteiger partial charge >= 0.3 is 0 Å². The van der Waals surface area contributed by atoms with Crippen molar-refractivity contribution >= 4 is 0 Å². The van der Waals surface area contributed by atoms with Crippen molar-refractivity contribution in [2.45, 2.75) is 13.2 Å². The van der Waals surface area contributed by atoms with Crippen LogP contribution in [0.4, 0.5) is 0 Å². The average molecular weight is 223 g/mol. The molecule has 0 saturated heterocycles. The number of hydrogen-bond donors (Lipinski definition) is 1. The Hall–Kier alpha value is -1.26. The van der Waals surface area contributed by atoms with E-state index in [0.29, 0.717) is 13.2 Å². The van der Waals surface area contributed by atoms with Crippen LogP contribution in [0.25, 0.3) is 0 Å². The quantitative estimate of drug-likeness (QED) is 0.830. The van der Waals surface area contributed by atoms with Crippen LogP contribution in [-0.2, 0) is 0 Å². The molecular formula is C12H17NO3. The zero-order chi connectivity index (χ0) is 11.4. The number of nitrogens with zero attached hydrogens (tertiary/aromatic N) is 1. The molecule has 1 aliphatic heterocycles. The number of aliphatic hydroxyl groups excluding tert-OH is 1. The molecule has 2 rings (SSSR count). The first kappa shape index (κ1) is 11.2. The van der Waals surface area contributed by atoms with Crippen molar-refractivity contribution in [3.05, 3.63) is 24.3 Å². The molecular weight excluding hydrogens is 206 g/mol. The first-order valence-corrected chi connectivity index (χ1v) is 5.58. The summed E-state index contributed by atoms with van der Waals surface area (Å²) in [7, 11) is 0. The van der Waals surface area contributed by atoms with Gasteiger partial charge in [0, 0.05) is 6.54 Å². The minimum atomic E-state index is -0.105. The maximum Gasteiger partial charge on any atom is 0.187 e. The van der Waals surface area contributed by atoms with Crippen LogP contribution in [0.15, 0.2) is 24.3 Å². The van der Waals surface area contributed by atoms with Crippen LogP contribution in [0.5, 0.6) is 11.5 Å². The third kappa shape index (κ3) is 2.28. The minimum Gasteiger partial charge on any atom is -0.484 e. The minimum absolute atomic E-state index is 0.105. The molecule has 1 aliphatic rings. The Morgan fingerprint density at radius 3 is 2.81 bits per heavy atom. The zero-order valence-corrected chi connectivity index (χ0v) is 9.43. The SMILES string of the molecule is CCN(CCO)C1COc2ccccc2O1. The van der Waals surface area contributed by atoms with Crippen molar-refractivity contribution in [2.24, 2.45) is 0 Å². The second-order valence-electron chi connectivity index (χ2n) is 3.68. The van der Waals surface area contributed by atoms with E-state index in [9.17, 15) is 0 Å². The Morgan fingerprint density at radius 1 is 1.38 bits per heavy atom. The molecule has 16 heavy (non-hydrogen) atoms. The molecule has 1 unspecified atom stereocenters. The lowest BCUT2D eigenvalue weighted by atomic mass is 10.3. The fraction of sp³-hybridized carbons (Fsp3) is 0.500. The van der Waals surface area contributed by atoms with Crippen molar-refractivity contribution in [1.29, 1.82) is 0 Å². The van der Waals surface area contributed by atoms with E-state index in [1.807, 2.05) is 31.2 Å². The van der Waals surface area contributed by atoms with Gasteiger partial charge in [-0.3, -0.25) is 4.90 Å². The molecule has 0 saturated carbocycles. The highest BCUT2D eigenvalue weighted by Gasteiger charge is 2.25. The van der Waals surface area contributed by atoms with Crippen LogP contribution < -0.4 is 9.47 Å². The van der Waals surface area contributed by atoms with Gasteiger partial charge in [-0.2, -0.15) is 0 Å². The van der Waals surface area contributed by atoms with Gasteiger partial charge in [0.05, 0.1) is 6.61 Å². The molecule has 0 aromatic heterocycles. The van der Waals surface area contributed by atoms with Gasteiger partial charge in [0.2, 0.25) is 0 Å². The standard InChI is InChI=1S/C12H17NO3/c1-2-13(7-8-14)12-9-15-10-5-3-4-6-11(10)16-12/h3-6,12,14H,2,7-9H2,1H3. The van der Waals surface area contributed by atoms with Crippen molar-refractivity contribution in [3.63, 3.8) is 0 Å². The van der Waals surface area contributed by atoms with Gasteiger partial charge in [0.15, 0.2) is 17.7 Å². The van der Waals surface area contributed by atoms with Crippen LogP contribution >= 0.6 is 0 Å². The molecule has 0 radical (unpaired) electrons. The second-order valence-corrected chi connectivity index (χ2v) is 3.68. The summed E-state index contributed by atoms with van der Waals surface area (Å²) in [5.74, 6) is 1.56. The van der Waals surface area contributed by atoms with Crippen molar-refractivity contribution < 1.29 is 14.6 Å². The summed E-state index contributed by atoms with van der Waals surface area (Å²) < 4.78 is 11.4. The molecule has 0 amide bonds. The number of rotatable bonds is 4. The molecule has 0 aliphatic carbocycles. The van der Waals surface area contributed by atoms with Crippen LogP contribution in [-0.4, -0.2) is 42.5 Å². The normalized spacial score (nSPS) is 18.8. The monoisotopic (exact) mass is 223 g/mol. The van der Waals surface area contributed by atoms with E-state index in [0.717, 1.165) is 18.0 Å². The molecule has 1 aromatic carbocycles. The Bertz CT molecular complexity index is 343. The highest BCUT2D eigenvalue weighted by atomic mass is 16.6. The Labute approximate surface area is 95.4 Å². The predicted molar refractivity (Wildman–Crippen MR) is 60.7 cm³/mol. The molecule has 0 bridgehead atoms. The highest BCUT2D eigenvalue weighted by molar-refractivity contribution is 5.40. The summed E-state index contributed by atoms with van der Waals surface area (Å²) in [6.07, 6.45) is -0.105. The van der Waals surface area contributed by atoms with Crippen molar-refractivity contribution in [2.75, 3.05) is 26.3 Å². The molecule has 0 spiro atoms. The summed E-state index contributed by atoms with van der Waals surface area (Å²) in [6, 6.07) is 7.64. The first-order valence-electron chi connectivity index (χ1n) is 5.58. The maximum atomic E-state index is 8.96. The van der Waals surface area contributed by atoms with E-state index >= 15 is 0 Å². The molecule has 0 fully saturated rings. The largest absolute Gasteiger partial charge is 0.484 e. The van der Waals surface area contributed by atoms with Gasteiger partial charge in [-0.1, -0.05) is 19.1 Å². The van der Waals surface area contributed by atoms with Gasteiger partial charge in [-0.05, 0) is 18.7 Å². The van der Waals surface area contributed by atoms with Crippen LogP contribution in [0.2, 0.25) is 0 Å². The molecule has 88 valence electrons. The van der Waals surface area contributed by atoms with Gasteiger partial charge in [-0.15, -0.1) is 0 Å². The smallest absolute Gasteiger partial charge is 0.187 e. The maximum absolute atomic E-state index is 8.96. The lowest BCUT2D eigenvalue weighted by Gasteiger charge is -2.34. The number of hydrogen-bond acceptors (Lipinski definition) is 4. The van der Waals surface area contributed by atoms with Crippen LogP contribution in [0.1, 0.15) is 6.92 Å². The fourth-order valence-corrected chi connectivity index (χ4v) is 1.82. The van der Waals surface area contributed by atoms with Gasteiger partial charge in [0.1, 0.15) is 6.61 Å². The summed E-state index contributed by atoms with van der Waals surface area (Å²) in [6.45, 7) is 4.11. The number of benzene rings is 1. The van der Waals surface area contributed by atoms with Crippen LogP contribution in [0.3, 0.4) is 0 Å². The van der Waals surface area contributed by atoms with E-state index in [1.54, 1.807) is 0 Å². The number of fused-ring (bicyclic) bond motifs is 1. The Balaban J connectivity index is 2.06. The van der Waals surface area contributed by atoms with E-state index in [-0.39, 0.29) is 12.8 Å². The molecule has 1 atom stereocenters. The number of ether oxygens (including phenoxy) is 2. The van der Waals surface area contributed by atoms with Gasteiger partial charge < -0.3 is 14.6 Å². The third-order valence-corrected chi connectivity index (χ3v) is 2.69. The van der Waals surface area contributed by atoms with Crippen LogP contribution in [0, 0.1) is 0 Å². The number of aliphatic hydroxyl groups is 1. The predicted octanol–water partition coefficient (Wildman–Crippen LogP) is 1.10. The van der Waals surface area contributed by atoms with E-state index in [4.69, 9.17) is 14.6 Å².